The second-order valence-corrected chi connectivity index (χ2v) is 4.86. The molecular formula is C12H18BrNO. The van der Waals surface area contributed by atoms with E-state index in [2.05, 4.69) is 40.3 Å². The fourth-order valence-corrected chi connectivity index (χ4v) is 1.79. The molecule has 15 heavy (non-hydrogen) atoms. The Balaban J connectivity index is 2.50. The molecule has 1 aromatic rings. The van der Waals surface area contributed by atoms with Crippen LogP contribution in [0.4, 0.5) is 0 Å². The predicted molar refractivity (Wildman–Crippen MR) is 67.1 cm³/mol. The lowest BCUT2D eigenvalue weighted by molar-refractivity contribution is 0.250. The first-order valence-corrected chi connectivity index (χ1v) is 6.02. The van der Waals surface area contributed by atoms with Crippen LogP contribution >= 0.6 is 15.9 Å². The molecule has 0 aliphatic rings. The molecule has 0 saturated heterocycles. The molecule has 0 amide bonds. The van der Waals surface area contributed by atoms with Crippen molar-refractivity contribution in [3.05, 3.63) is 34.3 Å². The van der Waals surface area contributed by atoms with Crippen LogP contribution in [0, 0.1) is 0 Å². The zero-order chi connectivity index (χ0) is 11.3. The molecule has 1 unspecified atom stereocenters. The van der Waals surface area contributed by atoms with E-state index in [4.69, 9.17) is 5.11 Å². The van der Waals surface area contributed by atoms with Crippen LogP contribution in [0.5, 0.6) is 0 Å². The summed E-state index contributed by atoms with van der Waals surface area (Å²) in [5, 5.41) is 12.2. The number of halogens is 1. The lowest BCUT2D eigenvalue weighted by Gasteiger charge is -2.16. The first kappa shape index (κ1) is 12.7. The third-order valence-corrected chi connectivity index (χ3v) is 2.96. The Bertz CT molecular complexity index is 303. The van der Waals surface area contributed by atoms with Gasteiger partial charge in [0.25, 0.3) is 0 Å². The lowest BCUT2D eigenvalue weighted by Crippen LogP contribution is -2.32. The normalized spacial score (nSPS) is 14.9. The SMILES string of the molecule is CC(CN[C@H](C)CO)c1cccc(Br)c1. The van der Waals surface area contributed by atoms with Crippen molar-refractivity contribution in [2.45, 2.75) is 25.8 Å². The Labute approximate surface area is 99.8 Å². The maximum atomic E-state index is 8.89. The van der Waals surface area contributed by atoms with Crippen LogP contribution in [-0.2, 0) is 0 Å². The van der Waals surface area contributed by atoms with Crippen LogP contribution < -0.4 is 5.32 Å². The first-order chi connectivity index (χ1) is 7.13. The van der Waals surface area contributed by atoms with Gasteiger partial charge in [-0.15, -0.1) is 0 Å². The van der Waals surface area contributed by atoms with Gasteiger partial charge >= 0.3 is 0 Å². The van der Waals surface area contributed by atoms with Gasteiger partial charge in [0, 0.05) is 17.1 Å². The molecule has 0 bridgehead atoms. The number of rotatable bonds is 5. The van der Waals surface area contributed by atoms with Crippen molar-refractivity contribution in [1.29, 1.82) is 0 Å². The Hall–Kier alpha value is -0.380. The molecular weight excluding hydrogens is 254 g/mol. The van der Waals surface area contributed by atoms with Crippen LogP contribution in [0.25, 0.3) is 0 Å². The predicted octanol–water partition coefficient (Wildman–Crippen LogP) is 2.52. The Morgan fingerprint density at radius 1 is 1.40 bits per heavy atom. The van der Waals surface area contributed by atoms with Crippen molar-refractivity contribution in [3.8, 4) is 0 Å². The fraction of sp³-hybridized carbons (Fsp3) is 0.500. The van der Waals surface area contributed by atoms with Crippen molar-refractivity contribution < 1.29 is 5.11 Å². The van der Waals surface area contributed by atoms with Gasteiger partial charge in [0.05, 0.1) is 6.61 Å². The van der Waals surface area contributed by atoms with Gasteiger partial charge in [0.1, 0.15) is 0 Å². The van der Waals surface area contributed by atoms with Crippen molar-refractivity contribution in [2.24, 2.45) is 0 Å². The Morgan fingerprint density at radius 2 is 2.13 bits per heavy atom. The number of aliphatic hydroxyl groups is 1. The minimum absolute atomic E-state index is 0.166. The van der Waals surface area contributed by atoms with Gasteiger partial charge in [-0.1, -0.05) is 35.0 Å². The molecule has 84 valence electrons. The molecule has 2 nitrogen and oxygen atoms in total. The zero-order valence-electron chi connectivity index (χ0n) is 9.20. The number of benzene rings is 1. The highest BCUT2D eigenvalue weighted by molar-refractivity contribution is 9.10. The molecule has 0 aliphatic carbocycles. The summed E-state index contributed by atoms with van der Waals surface area (Å²) in [4.78, 5) is 0. The van der Waals surface area contributed by atoms with Gasteiger partial charge in [0.2, 0.25) is 0 Å². The molecule has 3 heteroatoms. The molecule has 1 rings (SSSR count). The second-order valence-electron chi connectivity index (χ2n) is 3.95. The molecule has 0 fully saturated rings. The standard InChI is InChI=1S/C12H18BrNO/c1-9(7-14-10(2)8-15)11-4-3-5-12(13)6-11/h3-6,9-10,14-15H,7-8H2,1-2H3/t9?,10-/m1/s1. The number of hydrogen-bond donors (Lipinski definition) is 2. The minimum atomic E-state index is 0.166. The van der Waals surface area contributed by atoms with Crippen molar-refractivity contribution in [2.75, 3.05) is 13.2 Å². The Kier molecular flexibility index (Phi) is 5.29. The molecule has 0 heterocycles. The number of aliphatic hydroxyl groups excluding tert-OH is 1. The first-order valence-electron chi connectivity index (χ1n) is 5.23. The van der Waals surface area contributed by atoms with Crippen LogP contribution in [-0.4, -0.2) is 24.3 Å². The second kappa shape index (κ2) is 6.26. The molecule has 0 aliphatic heterocycles. The maximum absolute atomic E-state index is 8.89. The highest BCUT2D eigenvalue weighted by atomic mass is 79.9. The van der Waals surface area contributed by atoms with Crippen LogP contribution in [0.1, 0.15) is 25.3 Å². The summed E-state index contributed by atoms with van der Waals surface area (Å²) in [5.41, 5.74) is 1.31. The summed E-state index contributed by atoms with van der Waals surface area (Å²) in [7, 11) is 0. The van der Waals surface area contributed by atoms with Crippen molar-refractivity contribution >= 4 is 15.9 Å². The van der Waals surface area contributed by atoms with Crippen LogP contribution in [0.15, 0.2) is 28.7 Å². The molecule has 0 spiro atoms. The molecule has 2 atom stereocenters. The van der Waals surface area contributed by atoms with E-state index in [1.54, 1.807) is 0 Å². The summed E-state index contributed by atoms with van der Waals surface area (Å²) in [6.07, 6.45) is 0. The van der Waals surface area contributed by atoms with E-state index in [-0.39, 0.29) is 12.6 Å². The third-order valence-electron chi connectivity index (χ3n) is 2.46. The highest BCUT2D eigenvalue weighted by Gasteiger charge is 2.07. The average Bonchev–Trinajstić information content (AvgIpc) is 2.25. The number of hydrogen-bond acceptors (Lipinski definition) is 2. The summed E-state index contributed by atoms with van der Waals surface area (Å²) >= 11 is 3.46. The fourth-order valence-electron chi connectivity index (χ4n) is 1.37. The minimum Gasteiger partial charge on any atom is -0.395 e. The Morgan fingerprint density at radius 3 is 2.73 bits per heavy atom. The summed E-state index contributed by atoms with van der Waals surface area (Å²) in [5.74, 6) is 0.455. The van der Waals surface area contributed by atoms with E-state index in [1.807, 2.05) is 19.1 Å². The van der Waals surface area contributed by atoms with E-state index >= 15 is 0 Å². The summed E-state index contributed by atoms with van der Waals surface area (Å²) in [6.45, 7) is 5.23. The lowest BCUT2D eigenvalue weighted by atomic mass is 10.0. The van der Waals surface area contributed by atoms with E-state index < -0.39 is 0 Å². The average molecular weight is 272 g/mol. The topological polar surface area (TPSA) is 32.3 Å². The van der Waals surface area contributed by atoms with Gasteiger partial charge in [-0.05, 0) is 30.5 Å². The van der Waals surface area contributed by atoms with Gasteiger partial charge in [-0.2, -0.15) is 0 Å². The molecule has 1 aromatic carbocycles. The van der Waals surface area contributed by atoms with Crippen molar-refractivity contribution in [3.63, 3.8) is 0 Å². The van der Waals surface area contributed by atoms with Gasteiger partial charge in [0.15, 0.2) is 0 Å². The molecule has 0 aromatic heterocycles. The molecule has 0 radical (unpaired) electrons. The van der Waals surface area contributed by atoms with E-state index in [0.717, 1.165) is 11.0 Å². The van der Waals surface area contributed by atoms with E-state index in [0.29, 0.717) is 5.92 Å². The van der Waals surface area contributed by atoms with Crippen LogP contribution in [0.3, 0.4) is 0 Å². The maximum Gasteiger partial charge on any atom is 0.0581 e. The third kappa shape index (κ3) is 4.33. The summed E-state index contributed by atoms with van der Waals surface area (Å²) < 4.78 is 1.11. The summed E-state index contributed by atoms with van der Waals surface area (Å²) in [6, 6.07) is 8.50. The largest absolute Gasteiger partial charge is 0.395 e. The monoisotopic (exact) mass is 271 g/mol. The van der Waals surface area contributed by atoms with Gasteiger partial charge in [-0.3, -0.25) is 0 Å². The van der Waals surface area contributed by atoms with E-state index in [9.17, 15) is 0 Å². The zero-order valence-corrected chi connectivity index (χ0v) is 10.8. The van der Waals surface area contributed by atoms with Crippen molar-refractivity contribution in [1.82, 2.24) is 5.32 Å². The van der Waals surface area contributed by atoms with E-state index in [1.165, 1.54) is 5.56 Å². The quantitative estimate of drug-likeness (QED) is 0.863. The smallest absolute Gasteiger partial charge is 0.0581 e. The van der Waals surface area contributed by atoms with Gasteiger partial charge < -0.3 is 10.4 Å². The van der Waals surface area contributed by atoms with Gasteiger partial charge in [-0.25, -0.2) is 0 Å². The molecule has 2 N–H and O–H groups in total. The molecule has 0 saturated carbocycles. The highest BCUT2D eigenvalue weighted by Crippen LogP contribution is 2.19. The van der Waals surface area contributed by atoms with Crippen LogP contribution in [0.2, 0.25) is 0 Å². The number of nitrogens with one attached hydrogen (secondary N) is 1.